The van der Waals surface area contributed by atoms with Crippen molar-refractivity contribution in [3.8, 4) is 16.9 Å². The summed E-state index contributed by atoms with van der Waals surface area (Å²) in [4.78, 5) is 15.2. The normalized spacial score (nSPS) is 11.7. The van der Waals surface area contributed by atoms with Gasteiger partial charge in [-0.1, -0.05) is 42.5 Å². The van der Waals surface area contributed by atoms with Gasteiger partial charge in [-0.3, -0.25) is 4.57 Å². The van der Waals surface area contributed by atoms with E-state index in [0.29, 0.717) is 12.6 Å². The quantitative estimate of drug-likeness (QED) is 0.368. The number of carbonyl (C=O) groups excluding carboxylic acids is 1. The van der Waals surface area contributed by atoms with Crippen molar-refractivity contribution < 1.29 is 18.3 Å². The molecule has 1 heterocycles. The van der Waals surface area contributed by atoms with Crippen LogP contribution in [0.1, 0.15) is 12.5 Å². The number of ether oxygens (including phenoxy) is 1. The lowest BCUT2D eigenvalue weighted by Gasteiger charge is -2.14. The summed E-state index contributed by atoms with van der Waals surface area (Å²) in [7, 11) is 4.04. The molecular weight excluding hydrogens is 424 g/mol. The Morgan fingerprint density at radius 2 is 1.64 bits per heavy atom. The number of benzene rings is 3. The lowest BCUT2D eigenvalue weighted by atomic mass is 9.99. The average molecular weight is 450 g/mol. The average Bonchev–Trinajstić information content (AvgIpc) is 3.14. The van der Waals surface area contributed by atoms with Crippen molar-refractivity contribution in [2.45, 2.75) is 19.6 Å². The number of nitrogens with zero attached hydrogens (tertiary/aromatic N) is 2. The van der Waals surface area contributed by atoms with Crippen LogP contribution in [0.5, 0.6) is 5.75 Å². The lowest BCUT2D eigenvalue weighted by molar-refractivity contribution is -0.158. The number of aromatic nitrogens is 1. The van der Waals surface area contributed by atoms with Crippen molar-refractivity contribution in [3.05, 3.63) is 84.6 Å². The summed E-state index contributed by atoms with van der Waals surface area (Å²) in [5.41, 5.74) is 4.44. The molecule has 0 aliphatic heterocycles. The number of hydrogen-bond acceptors (Lipinski definition) is 3. The minimum Gasteiger partial charge on any atom is -0.433 e. The number of nitrogens with one attached hydrogen (secondary N) is 1. The zero-order valence-electron chi connectivity index (χ0n) is 18.7. The first-order valence-corrected chi connectivity index (χ1v) is 10.5. The van der Waals surface area contributed by atoms with E-state index in [1.807, 2.05) is 56.7 Å². The molecule has 4 rings (SSSR count). The highest BCUT2D eigenvalue weighted by atomic mass is 19.3. The van der Waals surface area contributed by atoms with Crippen LogP contribution in [0.2, 0.25) is 0 Å². The molecule has 0 saturated carbocycles. The molecule has 4 aromatic rings. The monoisotopic (exact) mass is 449 g/mol. The molecule has 5 nitrogen and oxygen atoms in total. The van der Waals surface area contributed by atoms with Crippen molar-refractivity contribution in [2.24, 2.45) is 0 Å². The Morgan fingerprint density at radius 1 is 0.970 bits per heavy atom. The van der Waals surface area contributed by atoms with E-state index in [4.69, 9.17) is 0 Å². The van der Waals surface area contributed by atoms with Crippen LogP contribution in [-0.2, 0) is 6.54 Å². The van der Waals surface area contributed by atoms with Crippen LogP contribution in [0.4, 0.5) is 19.3 Å². The van der Waals surface area contributed by atoms with Gasteiger partial charge in [-0.25, -0.2) is 4.79 Å². The molecule has 3 aromatic carbocycles. The zero-order chi connectivity index (χ0) is 23.6. The van der Waals surface area contributed by atoms with Gasteiger partial charge in [0.15, 0.2) is 0 Å². The summed E-state index contributed by atoms with van der Waals surface area (Å²) < 4.78 is 32.2. The molecular formula is C26H25F2N3O2. The van der Waals surface area contributed by atoms with Gasteiger partial charge in [0.1, 0.15) is 5.75 Å². The number of halogens is 2. The van der Waals surface area contributed by atoms with Crippen LogP contribution in [0.3, 0.4) is 0 Å². The van der Waals surface area contributed by atoms with Gasteiger partial charge in [0.2, 0.25) is 0 Å². The SMILES string of the molecule is CN(C)Cc1ccccc1-c1cn(C(=O)Nc2ccc(OC(C)(F)F)cc2)c2ccccc12. The fourth-order valence-electron chi connectivity index (χ4n) is 3.82. The van der Waals surface area contributed by atoms with Gasteiger partial charge in [0, 0.05) is 36.3 Å². The molecule has 170 valence electrons. The van der Waals surface area contributed by atoms with Crippen LogP contribution in [-0.4, -0.2) is 35.7 Å². The molecule has 33 heavy (non-hydrogen) atoms. The summed E-state index contributed by atoms with van der Waals surface area (Å²) in [6, 6.07) is 21.4. The number of rotatable bonds is 6. The molecule has 0 saturated heterocycles. The summed E-state index contributed by atoms with van der Waals surface area (Å²) in [5.74, 6) is 0.0201. The number of carbonyl (C=O) groups is 1. The van der Waals surface area contributed by atoms with Crippen LogP contribution in [0.15, 0.2) is 79.0 Å². The van der Waals surface area contributed by atoms with E-state index in [9.17, 15) is 13.6 Å². The van der Waals surface area contributed by atoms with Crippen molar-refractivity contribution in [1.82, 2.24) is 9.47 Å². The van der Waals surface area contributed by atoms with E-state index in [1.165, 1.54) is 24.3 Å². The molecule has 0 aliphatic rings. The number of anilines is 1. The molecule has 1 N–H and O–H groups in total. The smallest absolute Gasteiger partial charge is 0.394 e. The van der Waals surface area contributed by atoms with Crippen LogP contribution < -0.4 is 10.1 Å². The van der Waals surface area contributed by atoms with E-state index in [0.717, 1.165) is 34.1 Å². The van der Waals surface area contributed by atoms with Gasteiger partial charge < -0.3 is 15.0 Å². The predicted molar refractivity (Wildman–Crippen MR) is 127 cm³/mol. The Bertz CT molecular complexity index is 1270. The maximum atomic E-state index is 13.1. The van der Waals surface area contributed by atoms with E-state index >= 15 is 0 Å². The number of para-hydroxylation sites is 1. The summed E-state index contributed by atoms with van der Waals surface area (Å²) in [6.07, 6.45) is -1.43. The van der Waals surface area contributed by atoms with Gasteiger partial charge in [0.25, 0.3) is 0 Å². The van der Waals surface area contributed by atoms with Crippen LogP contribution >= 0.6 is 0 Å². The molecule has 0 atom stereocenters. The molecule has 1 aromatic heterocycles. The van der Waals surface area contributed by atoms with Crippen molar-refractivity contribution in [1.29, 1.82) is 0 Å². The lowest BCUT2D eigenvalue weighted by Crippen LogP contribution is -2.19. The fraction of sp³-hybridized carbons (Fsp3) is 0.192. The third-order valence-electron chi connectivity index (χ3n) is 5.13. The minimum atomic E-state index is -3.27. The number of fused-ring (bicyclic) bond motifs is 1. The number of alkyl halides is 2. The standard InChI is InChI=1S/C26H25F2N3O2/c1-26(27,28)33-20-14-12-19(13-15-20)29-25(32)31-17-23(22-10-6-7-11-24(22)31)21-9-5-4-8-18(21)16-30(2)3/h4-15,17H,16H2,1-3H3,(H,29,32). The third-order valence-corrected chi connectivity index (χ3v) is 5.13. The van der Waals surface area contributed by atoms with Crippen molar-refractivity contribution >= 4 is 22.6 Å². The van der Waals surface area contributed by atoms with Gasteiger partial charge in [0.05, 0.1) is 5.52 Å². The Labute approximate surface area is 191 Å². The van der Waals surface area contributed by atoms with Crippen LogP contribution in [0.25, 0.3) is 22.0 Å². The molecule has 0 unspecified atom stereocenters. The molecule has 0 radical (unpaired) electrons. The number of amides is 1. The van der Waals surface area contributed by atoms with Crippen molar-refractivity contribution in [2.75, 3.05) is 19.4 Å². The van der Waals surface area contributed by atoms with Gasteiger partial charge in [-0.2, -0.15) is 8.78 Å². The Balaban J connectivity index is 1.67. The van der Waals surface area contributed by atoms with Crippen LogP contribution in [0, 0.1) is 0 Å². The maximum Gasteiger partial charge on any atom is 0.394 e. The van der Waals surface area contributed by atoms with Gasteiger partial charge in [-0.05, 0) is 55.6 Å². The van der Waals surface area contributed by atoms with Gasteiger partial charge >= 0.3 is 12.1 Å². The first-order chi connectivity index (χ1) is 15.7. The van der Waals surface area contributed by atoms with E-state index in [2.05, 4.69) is 27.1 Å². The highest BCUT2D eigenvalue weighted by molar-refractivity contribution is 6.04. The third kappa shape index (κ3) is 5.21. The molecule has 0 bridgehead atoms. The first-order valence-electron chi connectivity index (χ1n) is 10.5. The molecule has 0 spiro atoms. The van der Waals surface area contributed by atoms with Gasteiger partial charge in [-0.15, -0.1) is 0 Å². The highest BCUT2D eigenvalue weighted by Gasteiger charge is 2.23. The summed E-state index contributed by atoms with van der Waals surface area (Å²) in [6.45, 7) is 1.45. The van der Waals surface area contributed by atoms with E-state index < -0.39 is 6.11 Å². The minimum absolute atomic E-state index is 0.0201. The fourth-order valence-corrected chi connectivity index (χ4v) is 3.82. The Hall–Kier alpha value is -3.71. The topological polar surface area (TPSA) is 46.5 Å². The predicted octanol–water partition coefficient (Wildman–Crippen LogP) is 6.44. The first kappa shape index (κ1) is 22.5. The second-order valence-electron chi connectivity index (χ2n) is 8.19. The summed E-state index contributed by atoms with van der Waals surface area (Å²) in [5, 5.41) is 3.79. The Morgan fingerprint density at radius 3 is 2.33 bits per heavy atom. The molecule has 0 aliphatic carbocycles. The second-order valence-corrected chi connectivity index (χ2v) is 8.19. The maximum absolute atomic E-state index is 13.1. The molecule has 7 heteroatoms. The summed E-state index contributed by atoms with van der Waals surface area (Å²) >= 11 is 0. The molecule has 0 fully saturated rings. The van der Waals surface area contributed by atoms with E-state index in [-0.39, 0.29) is 11.8 Å². The number of hydrogen-bond donors (Lipinski definition) is 1. The second kappa shape index (κ2) is 9.03. The van der Waals surface area contributed by atoms with E-state index in [1.54, 1.807) is 4.57 Å². The Kier molecular flexibility index (Phi) is 6.16. The molecule has 1 amide bonds. The largest absolute Gasteiger partial charge is 0.433 e. The zero-order valence-corrected chi connectivity index (χ0v) is 18.7. The highest BCUT2D eigenvalue weighted by Crippen LogP contribution is 2.33. The van der Waals surface area contributed by atoms with Crippen molar-refractivity contribution in [3.63, 3.8) is 0 Å².